The number of carbonyl (C=O) groups excluding carboxylic acids is 1. The van der Waals surface area contributed by atoms with Gasteiger partial charge in [0.25, 0.3) is 5.91 Å². The molecule has 5 heteroatoms. The summed E-state index contributed by atoms with van der Waals surface area (Å²) in [6.45, 7) is 3.32. The topological polar surface area (TPSA) is 58.4 Å². The van der Waals surface area contributed by atoms with Crippen LogP contribution in [0.3, 0.4) is 0 Å². The second kappa shape index (κ2) is 6.96. The van der Waals surface area contributed by atoms with E-state index in [2.05, 4.69) is 4.98 Å². The molecule has 122 valence electrons. The first kappa shape index (κ1) is 15.7. The quantitative estimate of drug-likeness (QED) is 0.921. The van der Waals surface area contributed by atoms with Gasteiger partial charge in [0.15, 0.2) is 0 Å². The number of aliphatic hydroxyl groups is 1. The molecule has 1 saturated heterocycles. The van der Waals surface area contributed by atoms with Gasteiger partial charge in [-0.3, -0.25) is 4.79 Å². The molecule has 2 aromatic rings. The Morgan fingerprint density at radius 3 is 2.83 bits per heavy atom. The largest absolute Gasteiger partial charge is 0.393 e. The number of nitrogens with zero attached hydrogens (tertiary/aromatic N) is 3. The predicted octanol–water partition coefficient (Wildman–Crippen LogP) is 2.31. The van der Waals surface area contributed by atoms with Crippen LogP contribution >= 0.6 is 0 Å². The molecule has 0 spiro atoms. The van der Waals surface area contributed by atoms with Crippen molar-refractivity contribution in [3.8, 4) is 0 Å². The number of likely N-dealkylation sites (tertiary alicyclic amines) is 1. The van der Waals surface area contributed by atoms with Crippen LogP contribution in [0.5, 0.6) is 0 Å². The molecule has 0 saturated carbocycles. The lowest BCUT2D eigenvalue weighted by Crippen LogP contribution is -2.37. The van der Waals surface area contributed by atoms with Gasteiger partial charge in [0.1, 0.15) is 0 Å². The van der Waals surface area contributed by atoms with Crippen LogP contribution in [0.15, 0.2) is 43.0 Å². The third kappa shape index (κ3) is 3.79. The molecule has 1 aliphatic heterocycles. The van der Waals surface area contributed by atoms with E-state index in [1.165, 1.54) is 0 Å². The van der Waals surface area contributed by atoms with Crippen molar-refractivity contribution in [1.29, 1.82) is 0 Å². The van der Waals surface area contributed by atoms with E-state index >= 15 is 0 Å². The summed E-state index contributed by atoms with van der Waals surface area (Å²) in [7, 11) is 0. The summed E-state index contributed by atoms with van der Waals surface area (Å²) in [5, 5.41) is 9.60. The Labute approximate surface area is 136 Å². The molecule has 2 unspecified atom stereocenters. The summed E-state index contributed by atoms with van der Waals surface area (Å²) >= 11 is 0. The molecule has 0 radical (unpaired) electrons. The fourth-order valence-corrected chi connectivity index (χ4v) is 3.25. The fraction of sp³-hybridized carbons (Fsp3) is 0.444. The molecule has 5 nitrogen and oxygen atoms in total. The van der Waals surface area contributed by atoms with Crippen LogP contribution in [0.1, 0.15) is 42.1 Å². The second-order valence-electron chi connectivity index (χ2n) is 6.31. The molecule has 1 aromatic carbocycles. The Balaban J connectivity index is 1.67. The standard InChI is InChI=1S/C18H23N3O2/c1-14(22)11-17-3-2-9-21(17)18(23)16-6-4-15(5-7-16)12-20-10-8-19-13-20/h4-8,10,13-14,17,22H,2-3,9,11-12H2,1H3. The van der Waals surface area contributed by atoms with Gasteiger partial charge in [0.05, 0.1) is 12.4 Å². The Kier molecular flexibility index (Phi) is 4.76. The molecule has 1 amide bonds. The highest BCUT2D eigenvalue weighted by Gasteiger charge is 2.30. The maximum absolute atomic E-state index is 12.7. The fourth-order valence-electron chi connectivity index (χ4n) is 3.25. The summed E-state index contributed by atoms with van der Waals surface area (Å²) in [5.74, 6) is 0.0716. The molecule has 0 bridgehead atoms. The maximum Gasteiger partial charge on any atom is 0.254 e. The van der Waals surface area contributed by atoms with Gasteiger partial charge >= 0.3 is 0 Å². The molecular weight excluding hydrogens is 290 g/mol. The van der Waals surface area contributed by atoms with Crippen LogP contribution in [-0.4, -0.2) is 44.2 Å². The smallest absolute Gasteiger partial charge is 0.254 e. The first-order valence-electron chi connectivity index (χ1n) is 8.17. The number of hydrogen-bond acceptors (Lipinski definition) is 3. The minimum Gasteiger partial charge on any atom is -0.393 e. The average Bonchev–Trinajstić information content (AvgIpc) is 3.18. The van der Waals surface area contributed by atoms with Crippen LogP contribution in [0.4, 0.5) is 0 Å². The van der Waals surface area contributed by atoms with Gasteiger partial charge in [-0.25, -0.2) is 4.98 Å². The van der Waals surface area contributed by atoms with E-state index in [0.717, 1.165) is 37.1 Å². The number of amides is 1. The number of aliphatic hydroxyl groups excluding tert-OH is 1. The van der Waals surface area contributed by atoms with E-state index < -0.39 is 0 Å². The van der Waals surface area contributed by atoms with Crippen molar-refractivity contribution in [2.24, 2.45) is 0 Å². The molecule has 3 rings (SSSR count). The highest BCUT2D eigenvalue weighted by Crippen LogP contribution is 2.23. The Morgan fingerprint density at radius 2 is 2.17 bits per heavy atom. The van der Waals surface area contributed by atoms with E-state index in [4.69, 9.17) is 0 Å². The maximum atomic E-state index is 12.7. The minimum atomic E-state index is -0.369. The predicted molar refractivity (Wildman–Crippen MR) is 88.1 cm³/mol. The van der Waals surface area contributed by atoms with Crippen molar-refractivity contribution in [3.05, 3.63) is 54.1 Å². The number of carbonyl (C=O) groups is 1. The van der Waals surface area contributed by atoms with E-state index in [9.17, 15) is 9.90 Å². The monoisotopic (exact) mass is 313 g/mol. The van der Waals surface area contributed by atoms with Gasteiger partial charge in [-0.2, -0.15) is 0 Å². The number of benzene rings is 1. The Hall–Kier alpha value is -2.14. The van der Waals surface area contributed by atoms with Crippen molar-refractivity contribution in [1.82, 2.24) is 14.5 Å². The lowest BCUT2D eigenvalue weighted by molar-refractivity contribution is 0.0682. The van der Waals surface area contributed by atoms with Gasteiger partial charge < -0.3 is 14.6 Å². The van der Waals surface area contributed by atoms with E-state index in [-0.39, 0.29) is 18.1 Å². The van der Waals surface area contributed by atoms with Gasteiger partial charge in [-0.15, -0.1) is 0 Å². The van der Waals surface area contributed by atoms with Crippen LogP contribution in [0.25, 0.3) is 0 Å². The highest BCUT2D eigenvalue weighted by atomic mass is 16.3. The van der Waals surface area contributed by atoms with E-state index in [1.807, 2.05) is 39.9 Å². The highest BCUT2D eigenvalue weighted by molar-refractivity contribution is 5.94. The van der Waals surface area contributed by atoms with Crippen LogP contribution in [0.2, 0.25) is 0 Å². The molecule has 1 fully saturated rings. The van der Waals surface area contributed by atoms with Crippen LogP contribution < -0.4 is 0 Å². The molecule has 0 aliphatic carbocycles. The minimum absolute atomic E-state index is 0.0716. The summed E-state index contributed by atoms with van der Waals surface area (Å²) in [6.07, 6.45) is 7.74. The van der Waals surface area contributed by atoms with Crippen molar-refractivity contribution in [3.63, 3.8) is 0 Å². The third-order valence-corrected chi connectivity index (χ3v) is 4.38. The molecule has 1 aromatic heterocycles. The zero-order valence-electron chi connectivity index (χ0n) is 13.4. The zero-order valence-corrected chi connectivity index (χ0v) is 13.4. The molecule has 1 aliphatic rings. The number of imidazole rings is 1. The van der Waals surface area contributed by atoms with Crippen molar-refractivity contribution >= 4 is 5.91 Å². The summed E-state index contributed by atoms with van der Waals surface area (Å²) in [5.41, 5.74) is 1.86. The number of rotatable bonds is 5. The SMILES string of the molecule is CC(O)CC1CCCN1C(=O)c1ccc(Cn2ccnc2)cc1. The normalized spacial score (nSPS) is 19.0. The lowest BCUT2D eigenvalue weighted by atomic mass is 10.1. The summed E-state index contributed by atoms with van der Waals surface area (Å²) < 4.78 is 2.00. The van der Waals surface area contributed by atoms with Gasteiger partial charge in [0, 0.05) is 37.1 Å². The first-order valence-corrected chi connectivity index (χ1v) is 8.17. The van der Waals surface area contributed by atoms with Gasteiger partial charge in [-0.05, 0) is 43.9 Å². The number of hydrogen-bond donors (Lipinski definition) is 1. The van der Waals surface area contributed by atoms with Crippen LogP contribution in [0, 0.1) is 0 Å². The first-order chi connectivity index (χ1) is 11.1. The van der Waals surface area contributed by atoms with E-state index in [0.29, 0.717) is 6.42 Å². The zero-order chi connectivity index (χ0) is 16.2. The van der Waals surface area contributed by atoms with Crippen molar-refractivity contribution in [2.75, 3.05) is 6.54 Å². The Bertz CT molecular complexity index is 635. The van der Waals surface area contributed by atoms with Gasteiger partial charge in [-0.1, -0.05) is 12.1 Å². The molecule has 2 heterocycles. The molecule has 2 atom stereocenters. The summed E-state index contributed by atoms with van der Waals surface area (Å²) in [4.78, 5) is 18.6. The second-order valence-corrected chi connectivity index (χ2v) is 6.31. The average molecular weight is 313 g/mol. The Morgan fingerprint density at radius 1 is 1.39 bits per heavy atom. The number of aromatic nitrogens is 2. The lowest BCUT2D eigenvalue weighted by Gasteiger charge is -2.25. The van der Waals surface area contributed by atoms with Crippen molar-refractivity contribution in [2.45, 2.75) is 44.9 Å². The third-order valence-electron chi connectivity index (χ3n) is 4.38. The molecule has 23 heavy (non-hydrogen) atoms. The van der Waals surface area contributed by atoms with E-state index in [1.54, 1.807) is 19.4 Å². The van der Waals surface area contributed by atoms with Crippen LogP contribution in [-0.2, 0) is 6.54 Å². The molecular formula is C18H23N3O2. The summed E-state index contributed by atoms with van der Waals surface area (Å²) in [6, 6.07) is 7.94. The molecule has 1 N–H and O–H groups in total. The van der Waals surface area contributed by atoms with Gasteiger partial charge in [0.2, 0.25) is 0 Å². The van der Waals surface area contributed by atoms with Crippen molar-refractivity contribution < 1.29 is 9.90 Å².